The number of piperazine rings is 2. The lowest BCUT2D eigenvalue weighted by atomic mass is 10.0. The van der Waals surface area contributed by atoms with E-state index in [1.807, 2.05) is 48.5 Å². The first kappa shape index (κ1) is 32.9. The molecule has 0 radical (unpaired) electrons. The van der Waals surface area contributed by atoms with E-state index in [1.165, 1.54) is 0 Å². The van der Waals surface area contributed by atoms with Gasteiger partial charge in [0.1, 0.15) is 0 Å². The van der Waals surface area contributed by atoms with E-state index in [4.69, 9.17) is 0 Å². The van der Waals surface area contributed by atoms with Crippen molar-refractivity contribution in [3.63, 3.8) is 0 Å². The van der Waals surface area contributed by atoms with E-state index in [2.05, 4.69) is 58.8 Å². The van der Waals surface area contributed by atoms with Gasteiger partial charge in [-0.2, -0.15) is 0 Å². The van der Waals surface area contributed by atoms with Crippen molar-refractivity contribution in [3.8, 4) is 0 Å². The number of ketones is 1. The van der Waals surface area contributed by atoms with E-state index in [0.717, 1.165) is 37.6 Å². The zero-order valence-electron chi connectivity index (χ0n) is 28.0. The molecule has 6 rings (SSSR count). The first-order chi connectivity index (χ1) is 23.1. The number of carbonyl (C=O) groups excluding carboxylic acids is 3. The van der Waals surface area contributed by atoms with Gasteiger partial charge < -0.3 is 31.1 Å². The zero-order chi connectivity index (χ0) is 33.8. The number of benzene rings is 4. The van der Waals surface area contributed by atoms with E-state index in [-0.39, 0.29) is 17.6 Å². The fourth-order valence-corrected chi connectivity index (χ4v) is 6.71. The summed E-state index contributed by atoms with van der Waals surface area (Å²) in [4.78, 5) is 43.7. The van der Waals surface area contributed by atoms with Crippen molar-refractivity contribution in [2.45, 2.75) is 51.9 Å². The lowest BCUT2D eigenvalue weighted by Gasteiger charge is -2.37. The van der Waals surface area contributed by atoms with Crippen LogP contribution in [0.5, 0.6) is 0 Å². The number of hydrogen-bond donors (Lipinski definition) is 4. The number of nitrogens with zero attached hydrogens (tertiary/aromatic N) is 2. The molecule has 0 bridgehead atoms. The smallest absolute Gasteiger partial charge is 0.255 e. The van der Waals surface area contributed by atoms with Gasteiger partial charge in [-0.1, -0.05) is 0 Å². The van der Waals surface area contributed by atoms with Crippen molar-refractivity contribution < 1.29 is 14.4 Å². The Morgan fingerprint density at radius 3 is 1.08 bits per heavy atom. The molecule has 4 atom stereocenters. The molecular formula is C39H44N6O3. The van der Waals surface area contributed by atoms with Crippen LogP contribution in [0.1, 0.15) is 64.3 Å². The van der Waals surface area contributed by atoms with Gasteiger partial charge in [-0.3, -0.25) is 14.4 Å². The summed E-state index contributed by atoms with van der Waals surface area (Å²) in [6.07, 6.45) is 0. The molecule has 0 spiro atoms. The molecule has 9 heteroatoms. The van der Waals surface area contributed by atoms with Crippen molar-refractivity contribution in [1.29, 1.82) is 0 Å². The maximum atomic E-state index is 13.2. The van der Waals surface area contributed by atoms with Crippen molar-refractivity contribution in [2.24, 2.45) is 0 Å². The molecule has 4 unspecified atom stereocenters. The number of carbonyl (C=O) groups is 3. The van der Waals surface area contributed by atoms with Gasteiger partial charge in [0.25, 0.3) is 11.8 Å². The first-order valence-corrected chi connectivity index (χ1v) is 16.7. The fourth-order valence-electron chi connectivity index (χ4n) is 6.71. The number of nitrogens with one attached hydrogen (secondary N) is 4. The van der Waals surface area contributed by atoms with Crippen LogP contribution in [0.4, 0.5) is 22.7 Å². The van der Waals surface area contributed by atoms with E-state index >= 15 is 0 Å². The van der Waals surface area contributed by atoms with Crippen molar-refractivity contribution in [2.75, 3.05) is 46.6 Å². The average molecular weight is 645 g/mol. The third kappa shape index (κ3) is 7.93. The van der Waals surface area contributed by atoms with Gasteiger partial charge in [0.05, 0.1) is 0 Å². The molecule has 4 aromatic carbocycles. The Labute approximate surface area is 282 Å². The summed E-state index contributed by atoms with van der Waals surface area (Å²) in [5, 5.41) is 12.9. The van der Waals surface area contributed by atoms with Gasteiger partial charge in [-0.05, 0) is 125 Å². The summed E-state index contributed by atoms with van der Waals surface area (Å²) < 4.78 is 0. The highest BCUT2D eigenvalue weighted by molar-refractivity contribution is 6.10. The normalized spacial score (nSPS) is 21.0. The molecule has 9 nitrogen and oxygen atoms in total. The first-order valence-electron chi connectivity index (χ1n) is 16.7. The lowest BCUT2D eigenvalue weighted by Crippen LogP contribution is -2.54. The Morgan fingerprint density at radius 2 is 0.771 bits per heavy atom. The van der Waals surface area contributed by atoms with Crippen LogP contribution in [0.25, 0.3) is 0 Å². The standard InChI is InChI=1S/C39H44N6O3/c1-25-21-44(22-26(2)40-25)35-17-9-31(10-18-35)38(47)42-33-13-5-29(6-14-33)37(46)30-7-15-34(16-8-30)43-39(48)32-11-19-36(20-12-32)45-23-27(3)41-28(4)24-45/h5-20,25-28,40-41H,21-24H2,1-4H3,(H,42,47)(H,43,48). The molecule has 48 heavy (non-hydrogen) atoms. The quantitative estimate of drug-likeness (QED) is 0.180. The molecule has 4 aromatic rings. The van der Waals surface area contributed by atoms with Crippen molar-refractivity contribution >= 4 is 40.3 Å². The van der Waals surface area contributed by atoms with Crippen LogP contribution in [0, 0.1) is 0 Å². The maximum absolute atomic E-state index is 13.2. The second-order valence-corrected chi connectivity index (χ2v) is 13.2. The molecule has 2 saturated heterocycles. The summed E-state index contributed by atoms with van der Waals surface area (Å²) in [6.45, 7) is 12.4. The van der Waals surface area contributed by atoms with Gasteiger partial charge in [0.15, 0.2) is 5.78 Å². The fraction of sp³-hybridized carbons (Fsp3) is 0.308. The zero-order valence-corrected chi connectivity index (χ0v) is 28.0. The Kier molecular flexibility index (Phi) is 9.89. The summed E-state index contributed by atoms with van der Waals surface area (Å²) >= 11 is 0. The molecule has 0 aromatic heterocycles. The largest absolute Gasteiger partial charge is 0.368 e. The highest BCUT2D eigenvalue weighted by Gasteiger charge is 2.22. The molecule has 0 saturated carbocycles. The monoisotopic (exact) mass is 644 g/mol. The van der Waals surface area contributed by atoms with E-state index in [9.17, 15) is 14.4 Å². The summed E-state index contributed by atoms with van der Waals surface area (Å²) in [5.41, 5.74) is 5.56. The number of anilines is 4. The molecule has 2 aliphatic rings. The Morgan fingerprint density at radius 1 is 0.479 bits per heavy atom. The maximum Gasteiger partial charge on any atom is 0.255 e. The van der Waals surface area contributed by atoms with Gasteiger partial charge in [0, 0.05) is 95.3 Å². The van der Waals surface area contributed by atoms with Crippen molar-refractivity contribution in [1.82, 2.24) is 10.6 Å². The molecule has 248 valence electrons. The molecule has 2 heterocycles. The van der Waals surface area contributed by atoms with Crippen LogP contribution in [0.15, 0.2) is 97.1 Å². The summed E-state index contributed by atoms with van der Waals surface area (Å²) in [5.74, 6) is -0.565. The molecule has 4 N–H and O–H groups in total. The number of hydrogen-bond acceptors (Lipinski definition) is 7. The SMILES string of the molecule is CC1CN(c2ccc(C(=O)Nc3ccc(C(=O)c4ccc(NC(=O)c5ccc(N6CC(C)NC(C)C6)cc5)cc4)cc3)cc2)CC(C)N1. The van der Waals surface area contributed by atoms with Crippen molar-refractivity contribution in [3.05, 3.63) is 119 Å². The molecule has 2 amide bonds. The van der Waals surface area contributed by atoms with E-state index in [1.54, 1.807) is 48.5 Å². The number of amides is 2. The predicted molar refractivity (Wildman–Crippen MR) is 194 cm³/mol. The molecule has 2 aliphatic heterocycles. The number of rotatable bonds is 8. The van der Waals surface area contributed by atoms with Crippen LogP contribution in [0.3, 0.4) is 0 Å². The average Bonchev–Trinajstić information content (AvgIpc) is 3.08. The predicted octanol–water partition coefficient (Wildman–Crippen LogP) is 5.80. The Balaban J connectivity index is 1.01. The van der Waals surface area contributed by atoms with Crippen LogP contribution in [0.2, 0.25) is 0 Å². The minimum absolute atomic E-state index is 0.148. The van der Waals surface area contributed by atoms with E-state index in [0.29, 0.717) is 57.8 Å². The second-order valence-electron chi connectivity index (χ2n) is 13.2. The third-order valence-corrected chi connectivity index (χ3v) is 8.91. The molecular weight excluding hydrogens is 600 g/mol. The van der Waals surface area contributed by atoms with Gasteiger partial charge in [-0.25, -0.2) is 0 Å². The molecule has 2 fully saturated rings. The summed E-state index contributed by atoms with van der Waals surface area (Å²) in [6, 6.07) is 30.7. The van der Waals surface area contributed by atoms with Crippen LogP contribution in [-0.2, 0) is 0 Å². The Bertz CT molecular complexity index is 1590. The van der Waals surface area contributed by atoms with Crippen LogP contribution >= 0.6 is 0 Å². The second kappa shape index (κ2) is 14.4. The van der Waals surface area contributed by atoms with Crippen LogP contribution in [-0.4, -0.2) is 67.9 Å². The highest BCUT2D eigenvalue weighted by Crippen LogP contribution is 2.22. The van der Waals surface area contributed by atoms with E-state index < -0.39 is 0 Å². The Hall–Kier alpha value is -4.99. The highest BCUT2D eigenvalue weighted by atomic mass is 16.2. The van der Waals surface area contributed by atoms with Crippen LogP contribution < -0.4 is 31.1 Å². The van der Waals surface area contributed by atoms with Gasteiger partial charge in [0.2, 0.25) is 0 Å². The minimum Gasteiger partial charge on any atom is -0.368 e. The topological polar surface area (TPSA) is 106 Å². The van der Waals surface area contributed by atoms with Gasteiger partial charge >= 0.3 is 0 Å². The minimum atomic E-state index is -0.208. The summed E-state index contributed by atoms with van der Waals surface area (Å²) in [7, 11) is 0. The lowest BCUT2D eigenvalue weighted by molar-refractivity contribution is 0.101. The third-order valence-electron chi connectivity index (χ3n) is 8.91. The van der Waals surface area contributed by atoms with Gasteiger partial charge in [-0.15, -0.1) is 0 Å². The molecule has 0 aliphatic carbocycles.